The van der Waals surface area contributed by atoms with E-state index < -0.39 is 0 Å². The molecule has 0 radical (unpaired) electrons. The summed E-state index contributed by atoms with van der Waals surface area (Å²) in [5, 5.41) is 4.24. The van der Waals surface area contributed by atoms with Crippen molar-refractivity contribution in [2.45, 2.75) is 13.3 Å². The number of ether oxygens (including phenoxy) is 3. The molecule has 5 rings (SSSR count). The quantitative estimate of drug-likeness (QED) is 0.321. The van der Waals surface area contributed by atoms with Crippen molar-refractivity contribution in [3.8, 4) is 22.8 Å². The summed E-state index contributed by atoms with van der Waals surface area (Å²) in [7, 11) is 5.14. The number of nitrogens with zero attached hydrogens (tertiary/aromatic N) is 5. The minimum absolute atomic E-state index is 0.0858. The zero-order valence-electron chi connectivity index (χ0n) is 20.8. The van der Waals surface area contributed by atoms with E-state index in [0.717, 1.165) is 40.1 Å². The molecule has 2 heterocycles. The molecular weight excluding hydrogens is 458 g/mol. The third-order valence-electron chi connectivity index (χ3n) is 6.42. The molecule has 1 fully saturated rings. The first-order valence-corrected chi connectivity index (χ1v) is 11.9. The Kier molecular flexibility index (Phi) is 6.45. The highest BCUT2D eigenvalue weighted by atomic mass is 16.5. The van der Waals surface area contributed by atoms with Crippen molar-refractivity contribution in [1.82, 2.24) is 19.7 Å². The Bertz CT molecular complexity index is 1380. The second kappa shape index (κ2) is 9.85. The lowest BCUT2D eigenvalue weighted by molar-refractivity contribution is -0.145. The number of esters is 1. The van der Waals surface area contributed by atoms with Gasteiger partial charge in [-0.2, -0.15) is 5.10 Å². The molecule has 0 unspecified atom stereocenters. The molecule has 1 aliphatic rings. The topological polar surface area (TPSA) is 91.6 Å². The first-order valence-electron chi connectivity index (χ1n) is 11.9. The zero-order chi connectivity index (χ0) is 25.2. The van der Waals surface area contributed by atoms with Crippen molar-refractivity contribution in [1.29, 1.82) is 0 Å². The minimum atomic E-state index is -0.129. The van der Waals surface area contributed by atoms with Gasteiger partial charge in [-0.05, 0) is 37.5 Å². The van der Waals surface area contributed by atoms with Crippen molar-refractivity contribution in [2.24, 2.45) is 18.9 Å². The average Bonchev–Trinajstić information content (AvgIpc) is 3.55. The van der Waals surface area contributed by atoms with Crippen LogP contribution in [0.3, 0.4) is 0 Å². The highest BCUT2D eigenvalue weighted by Crippen LogP contribution is 2.43. The molecule has 186 valence electrons. The minimum Gasteiger partial charge on any atom is -0.497 e. The average molecular weight is 488 g/mol. The molecule has 0 amide bonds. The molecule has 0 aliphatic heterocycles. The van der Waals surface area contributed by atoms with E-state index in [1.54, 1.807) is 31.3 Å². The SMILES string of the molecule is CCOC(=O)[C@@H]1C[C@H]1CN(c1cc(OC)cc(OC)c1)c1ccc2ncc(-c3cnn(C)c3)nc2c1. The lowest BCUT2D eigenvalue weighted by Gasteiger charge is -2.26. The largest absolute Gasteiger partial charge is 0.497 e. The molecule has 2 atom stereocenters. The Morgan fingerprint density at radius 2 is 1.83 bits per heavy atom. The molecule has 1 aliphatic carbocycles. The van der Waals surface area contributed by atoms with Gasteiger partial charge in [0.05, 0.1) is 55.9 Å². The Hall–Kier alpha value is -4.14. The van der Waals surface area contributed by atoms with E-state index in [4.69, 9.17) is 19.2 Å². The van der Waals surface area contributed by atoms with Crippen molar-refractivity contribution in [3.05, 3.63) is 55.0 Å². The summed E-state index contributed by atoms with van der Waals surface area (Å²) in [4.78, 5) is 24.0. The van der Waals surface area contributed by atoms with Gasteiger partial charge < -0.3 is 19.1 Å². The van der Waals surface area contributed by atoms with Crippen LogP contribution in [-0.4, -0.2) is 53.1 Å². The summed E-state index contributed by atoms with van der Waals surface area (Å²) < 4.78 is 18.0. The molecule has 1 saturated carbocycles. The monoisotopic (exact) mass is 487 g/mol. The van der Waals surface area contributed by atoms with Crippen LogP contribution in [0.1, 0.15) is 13.3 Å². The van der Waals surface area contributed by atoms with E-state index in [2.05, 4.69) is 15.0 Å². The normalized spacial score (nSPS) is 16.6. The number of carbonyl (C=O) groups is 1. The molecule has 0 saturated heterocycles. The zero-order valence-corrected chi connectivity index (χ0v) is 20.8. The number of methoxy groups -OCH3 is 2. The number of anilines is 2. The van der Waals surface area contributed by atoms with Crippen molar-refractivity contribution in [3.63, 3.8) is 0 Å². The van der Waals surface area contributed by atoms with Crippen LogP contribution in [0.15, 0.2) is 55.0 Å². The van der Waals surface area contributed by atoms with Gasteiger partial charge in [0.1, 0.15) is 11.5 Å². The molecule has 2 aromatic heterocycles. The van der Waals surface area contributed by atoms with E-state index in [1.807, 2.05) is 56.6 Å². The van der Waals surface area contributed by atoms with Crippen LogP contribution < -0.4 is 14.4 Å². The van der Waals surface area contributed by atoms with Gasteiger partial charge in [-0.3, -0.25) is 14.5 Å². The molecule has 0 bridgehead atoms. The number of rotatable bonds is 9. The number of hydrogen-bond acceptors (Lipinski definition) is 8. The summed E-state index contributed by atoms with van der Waals surface area (Å²) in [5.74, 6) is 1.34. The summed E-state index contributed by atoms with van der Waals surface area (Å²) in [6.45, 7) is 2.86. The Morgan fingerprint density at radius 1 is 1.06 bits per heavy atom. The number of hydrogen-bond donors (Lipinski definition) is 0. The van der Waals surface area contributed by atoms with Gasteiger partial charge in [-0.25, -0.2) is 4.98 Å². The summed E-state index contributed by atoms with van der Waals surface area (Å²) in [6, 6.07) is 11.8. The third kappa shape index (κ3) is 4.82. The van der Waals surface area contributed by atoms with Gasteiger partial charge in [-0.1, -0.05) is 0 Å². The predicted molar refractivity (Wildman–Crippen MR) is 137 cm³/mol. The van der Waals surface area contributed by atoms with E-state index in [-0.39, 0.29) is 17.8 Å². The smallest absolute Gasteiger partial charge is 0.309 e. The molecule has 4 aromatic rings. The first-order chi connectivity index (χ1) is 17.5. The second-order valence-corrected chi connectivity index (χ2v) is 8.87. The van der Waals surface area contributed by atoms with E-state index in [1.165, 1.54) is 0 Å². The van der Waals surface area contributed by atoms with Crippen LogP contribution in [0.4, 0.5) is 11.4 Å². The molecule has 0 N–H and O–H groups in total. The van der Waals surface area contributed by atoms with Gasteiger partial charge in [0.25, 0.3) is 0 Å². The van der Waals surface area contributed by atoms with Gasteiger partial charge in [-0.15, -0.1) is 0 Å². The molecule has 36 heavy (non-hydrogen) atoms. The molecule has 9 nitrogen and oxygen atoms in total. The van der Waals surface area contributed by atoms with Crippen LogP contribution >= 0.6 is 0 Å². The fourth-order valence-corrected chi connectivity index (χ4v) is 4.39. The van der Waals surface area contributed by atoms with Crippen molar-refractivity contribution in [2.75, 3.05) is 32.3 Å². The standard InChI is InChI=1S/C27H29N5O4/c1-5-36-27(33)23-8-17(23)16-32(20-9-21(34-3)12-22(10-20)35-4)19-6-7-24-25(11-19)30-26(14-28-24)18-13-29-31(2)15-18/h6-7,9-15,17,23H,5,8,16H2,1-4H3/t17-,23+/m0/s1. The fraction of sp³-hybridized carbons (Fsp3) is 0.333. The highest BCUT2D eigenvalue weighted by Gasteiger charge is 2.45. The van der Waals surface area contributed by atoms with E-state index in [0.29, 0.717) is 24.7 Å². The van der Waals surface area contributed by atoms with E-state index >= 15 is 0 Å². The fourth-order valence-electron chi connectivity index (χ4n) is 4.39. The van der Waals surface area contributed by atoms with Crippen molar-refractivity contribution >= 4 is 28.4 Å². The molecular formula is C27H29N5O4. The Morgan fingerprint density at radius 3 is 2.50 bits per heavy atom. The molecule has 2 aromatic carbocycles. The van der Waals surface area contributed by atoms with Crippen LogP contribution in [-0.2, 0) is 16.6 Å². The highest BCUT2D eigenvalue weighted by molar-refractivity contribution is 5.83. The Balaban J connectivity index is 1.54. The number of aryl methyl sites for hydroxylation is 1. The Labute approximate surface area is 209 Å². The predicted octanol–water partition coefficient (Wildman–Crippen LogP) is 4.38. The maximum Gasteiger partial charge on any atom is 0.309 e. The van der Waals surface area contributed by atoms with Gasteiger partial charge in [0.15, 0.2) is 0 Å². The van der Waals surface area contributed by atoms with Crippen LogP contribution in [0.25, 0.3) is 22.3 Å². The number of aromatic nitrogens is 4. The lowest BCUT2D eigenvalue weighted by Crippen LogP contribution is -2.22. The lowest BCUT2D eigenvalue weighted by atomic mass is 10.1. The van der Waals surface area contributed by atoms with Gasteiger partial charge in [0.2, 0.25) is 0 Å². The first kappa shape index (κ1) is 23.6. The molecule has 9 heteroatoms. The second-order valence-electron chi connectivity index (χ2n) is 8.87. The summed E-state index contributed by atoms with van der Waals surface area (Å²) in [5.41, 5.74) is 5.06. The number of benzene rings is 2. The summed E-state index contributed by atoms with van der Waals surface area (Å²) in [6.07, 6.45) is 6.25. The van der Waals surface area contributed by atoms with Crippen LogP contribution in [0.2, 0.25) is 0 Å². The summed E-state index contributed by atoms with van der Waals surface area (Å²) >= 11 is 0. The number of carbonyl (C=O) groups excluding carboxylic acids is 1. The molecule has 0 spiro atoms. The van der Waals surface area contributed by atoms with Gasteiger partial charge >= 0.3 is 5.97 Å². The van der Waals surface area contributed by atoms with E-state index in [9.17, 15) is 4.79 Å². The van der Waals surface area contributed by atoms with Crippen molar-refractivity contribution < 1.29 is 19.0 Å². The van der Waals surface area contributed by atoms with Gasteiger partial charge in [0, 0.05) is 54.9 Å². The van der Waals surface area contributed by atoms with Crippen LogP contribution in [0.5, 0.6) is 11.5 Å². The maximum absolute atomic E-state index is 12.3. The van der Waals surface area contributed by atoms with Crippen LogP contribution in [0, 0.1) is 11.8 Å². The maximum atomic E-state index is 12.3. The number of fused-ring (bicyclic) bond motifs is 1. The third-order valence-corrected chi connectivity index (χ3v) is 6.42.